The van der Waals surface area contributed by atoms with Crippen LogP contribution in [-0.4, -0.2) is 6.61 Å². The number of rotatable bonds is 3. The molecule has 0 aliphatic carbocycles. The summed E-state index contributed by atoms with van der Waals surface area (Å²) in [6.45, 7) is 3.14. The number of ether oxygens (including phenoxy) is 1. The fourth-order valence-corrected chi connectivity index (χ4v) is 1.57. The summed E-state index contributed by atoms with van der Waals surface area (Å²) in [5.74, 6) is 0.815. The van der Waals surface area contributed by atoms with Gasteiger partial charge in [0.25, 0.3) is 0 Å². The molecule has 0 aliphatic rings. The third-order valence-corrected chi connectivity index (χ3v) is 2.34. The van der Waals surface area contributed by atoms with E-state index in [4.69, 9.17) is 20.8 Å². The first-order chi connectivity index (χ1) is 6.81. The van der Waals surface area contributed by atoms with E-state index in [1.165, 1.54) is 0 Å². The van der Waals surface area contributed by atoms with Gasteiger partial charge >= 0.3 is 0 Å². The summed E-state index contributed by atoms with van der Waals surface area (Å²) in [7, 11) is 0. The highest BCUT2D eigenvalue weighted by atomic mass is 35.5. The molecule has 74 valence electrons. The Morgan fingerprint density at radius 1 is 1.43 bits per heavy atom. The van der Waals surface area contributed by atoms with Crippen molar-refractivity contribution in [2.75, 3.05) is 6.61 Å². The molecule has 0 unspecified atom stereocenters. The van der Waals surface area contributed by atoms with Gasteiger partial charge in [-0.2, -0.15) is 0 Å². The molecular weight excluding hydrogens is 200 g/mol. The van der Waals surface area contributed by atoms with Gasteiger partial charge in [0.2, 0.25) is 0 Å². The Hall–Kier alpha value is -0.990. The van der Waals surface area contributed by atoms with E-state index in [0.29, 0.717) is 18.2 Å². The number of fused-ring (bicyclic) bond motifs is 1. The lowest BCUT2D eigenvalue weighted by Gasteiger charge is -1.94. The van der Waals surface area contributed by atoms with Gasteiger partial charge in [-0.15, -0.1) is 0 Å². The second-order valence-corrected chi connectivity index (χ2v) is 3.41. The van der Waals surface area contributed by atoms with Gasteiger partial charge in [-0.3, -0.25) is 0 Å². The van der Waals surface area contributed by atoms with Crippen LogP contribution in [0.5, 0.6) is 0 Å². The first-order valence-electron chi connectivity index (χ1n) is 4.56. The average molecular weight is 211 g/mol. The third kappa shape index (κ3) is 1.76. The Morgan fingerprint density at radius 3 is 3.00 bits per heavy atom. The Balaban J connectivity index is 2.36. The molecule has 2 aromatic rings. The summed E-state index contributed by atoms with van der Waals surface area (Å²) in [6.07, 6.45) is 0. The van der Waals surface area contributed by atoms with Crippen molar-refractivity contribution in [1.29, 1.82) is 0 Å². The fourth-order valence-electron chi connectivity index (χ4n) is 1.35. The lowest BCUT2D eigenvalue weighted by atomic mass is 10.2. The highest BCUT2D eigenvalue weighted by Crippen LogP contribution is 2.26. The summed E-state index contributed by atoms with van der Waals surface area (Å²) in [5, 5.41) is 1.66. The van der Waals surface area contributed by atoms with Crippen LogP contribution in [0.4, 0.5) is 0 Å². The molecule has 0 saturated carbocycles. The van der Waals surface area contributed by atoms with E-state index in [1.807, 2.05) is 31.2 Å². The van der Waals surface area contributed by atoms with E-state index in [2.05, 4.69) is 0 Å². The second kappa shape index (κ2) is 4.03. The zero-order valence-corrected chi connectivity index (χ0v) is 8.67. The summed E-state index contributed by atoms with van der Waals surface area (Å²) >= 11 is 6.00. The smallest absolute Gasteiger partial charge is 0.135 e. The average Bonchev–Trinajstić information content (AvgIpc) is 2.59. The van der Waals surface area contributed by atoms with Crippen molar-refractivity contribution >= 4 is 22.6 Å². The Morgan fingerprint density at radius 2 is 2.29 bits per heavy atom. The molecule has 0 radical (unpaired) electrons. The highest BCUT2D eigenvalue weighted by molar-refractivity contribution is 6.35. The van der Waals surface area contributed by atoms with Crippen molar-refractivity contribution in [3.05, 3.63) is 35.0 Å². The number of halogens is 1. The minimum Gasteiger partial charge on any atom is -0.459 e. The molecule has 0 amide bonds. The molecule has 14 heavy (non-hydrogen) atoms. The van der Waals surface area contributed by atoms with Gasteiger partial charge in [-0.05, 0) is 25.1 Å². The normalized spacial score (nSPS) is 11.0. The fraction of sp³-hybridized carbons (Fsp3) is 0.273. The van der Waals surface area contributed by atoms with E-state index in [0.717, 1.165) is 16.7 Å². The molecule has 0 spiro atoms. The van der Waals surface area contributed by atoms with Gasteiger partial charge in [-0.1, -0.05) is 17.7 Å². The minimum atomic E-state index is 0.501. The standard InChI is InChI=1S/C11H11ClO2/c1-2-13-7-8-6-9-10(12)4-3-5-11(9)14-8/h3-6H,2,7H2,1H3. The summed E-state index contributed by atoms with van der Waals surface area (Å²) in [6, 6.07) is 7.55. The van der Waals surface area contributed by atoms with Crippen molar-refractivity contribution in [3.8, 4) is 0 Å². The second-order valence-electron chi connectivity index (χ2n) is 3.00. The topological polar surface area (TPSA) is 22.4 Å². The minimum absolute atomic E-state index is 0.501. The number of furan rings is 1. The van der Waals surface area contributed by atoms with Crippen LogP contribution in [0.3, 0.4) is 0 Å². The lowest BCUT2D eigenvalue weighted by Crippen LogP contribution is -1.88. The number of benzene rings is 1. The quantitative estimate of drug-likeness (QED) is 0.772. The van der Waals surface area contributed by atoms with E-state index < -0.39 is 0 Å². The predicted molar refractivity (Wildman–Crippen MR) is 56.6 cm³/mol. The van der Waals surface area contributed by atoms with Crippen molar-refractivity contribution in [2.45, 2.75) is 13.5 Å². The first kappa shape index (κ1) is 9.56. The van der Waals surface area contributed by atoms with Crippen molar-refractivity contribution in [1.82, 2.24) is 0 Å². The van der Waals surface area contributed by atoms with Gasteiger partial charge in [-0.25, -0.2) is 0 Å². The molecule has 1 aromatic carbocycles. The molecule has 2 nitrogen and oxygen atoms in total. The molecule has 1 heterocycles. The van der Waals surface area contributed by atoms with Gasteiger partial charge in [0.15, 0.2) is 0 Å². The molecule has 0 atom stereocenters. The molecule has 0 N–H and O–H groups in total. The van der Waals surface area contributed by atoms with E-state index in [1.54, 1.807) is 0 Å². The van der Waals surface area contributed by atoms with Gasteiger partial charge in [0.1, 0.15) is 18.0 Å². The Bertz CT molecular complexity index is 434. The molecule has 1 aromatic heterocycles. The Labute approximate surface area is 87.4 Å². The van der Waals surface area contributed by atoms with Crippen LogP contribution in [0.1, 0.15) is 12.7 Å². The zero-order valence-electron chi connectivity index (χ0n) is 7.92. The van der Waals surface area contributed by atoms with Gasteiger partial charge in [0.05, 0.1) is 5.02 Å². The van der Waals surface area contributed by atoms with Crippen molar-refractivity contribution in [2.24, 2.45) is 0 Å². The van der Waals surface area contributed by atoms with Crippen LogP contribution in [0, 0.1) is 0 Å². The van der Waals surface area contributed by atoms with E-state index in [9.17, 15) is 0 Å². The molecule has 0 aliphatic heterocycles. The van der Waals surface area contributed by atoms with Crippen LogP contribution in [0.25, 0.3) is 11.0 Å². The predicted octanol–water partition coefficient (Wildman–Crippen LogP) is 3.62. The summed E-state index contributed by atoms with van der Waals surface area (Å²) in [4.78, 5) is 0. The van der Waals surface area contributed by atoms with Gasteiger partial charge in [0, 0.05) is 12.0 Å². The maximum absolute atomic E-state index is 6.00. The molecule has 3 heteroatoms. The third-order valence-electron chi connectivity index (χ3n) is 2.01. The van der Waals surface area contributed by atoms with Crippen LogP contribution in [0.15, 0.2) is 28.7 Å². The number of hydrogen-bond acceptors (Lipinski definition) is 2. The van der Waals surface area contributed by atoms with Crippen LogP contribution in [-0.2, 0) is 11.3 Å². The molecule has 0 saturated heterocycles. The maximum Gasteiger partial charge on any atom is 0.135 e. The lowest BCUT2D eigenvalue weighted by molar-refractivity contribution is 0.119. The van der Waals surface area contributed by atoms with Crippen LogP contribution >= 0.6 is 11.6 Å². The SMILES string of the molecule is CCOCc1cc2c(Cl)cccc2o1. The molecule has 0 bridgehead atoms. The Kier molecular flexibility index (Phi) is 2.75. The molecule has 2 rings (SSSR count). The summed E-state index contributed by atoms with van der Waals surface area (Å²) < 4.78 is 10.8. The summed E-state index contributed by atoms with van der Waals surface area (Å²) in [5.41, 5.74) is 0.812. The van der Waals surface area contributed by atoms with Gasteiger partial charge < -0.3 is 9.15 Å². The first-order valence-corrected chi connectivity index (χ1v) is 4.93. The highest BCUT2D eigenvalue weighted by Gasteiger charge is 2.05. The van der Waals surface area contributed by atoms with E-state index >= 15 is 0 Å². The molecule has 0 fully saturated rings. The van der Waals surface area contributed by atoms with Crippen molar-refractivity contribution in [3.63, 3.8) is 0 Å². The number of hydrogen-bond donors (Lipinski definition) is 0. The maximum atomic E-state index is 6.00. The zero-order chi connectivity index (χ0) is 9.97. The van der Waals surface area contributed by atoms with E-state index in [-0.39, 0.29) is 0 Å². The van der Waals surface area contributed by atoms with Crippen molar-refractivity contribution < 1.29 is 9.15 Å². The molecular formula is C11H11ClO2. The van der Waals surface area contributed by atoms with Crippen LogP contribution in [0.2, 0.25) is 5.02 Å². The monoisotopic (exact) mass is 210 g/mol. The largest absolute Gasteiger partial charge is 0.459 e. The van der Waals surface area contributed by atoms with Crippen LogP contribution < -0.4 is 0 Å².